The quantitative estimate of drug-likeness (QED) is 0.721. The summed E-state index contributed by atoms with van der Waals surface area (Å²) < 4.78 is 5.38. The monoisotopic (exact) mass is 381 g/mol. The number of rotatable bonds is 8. The van der Waals surface area contributed by atoms with Gasteiger partial charge in [0.25, 0.3) is 5.91 Å². The first-order chi connectivity index (χ1) is 13.6. The third-order valence-electron chi connectivity index (χ3n) is 4.40. The second-order valence-corrected chi connectivity index (χ2v) is 6.41. The highest BCUT2D eigenvalue weighted by atomic mass is 16.5. The van der Waals surface area contributed by atoms with E-state index in [9.17, 15) is 14.4 Å². The first-order valence-corrected chi connectivity index (χ1v) is 9.23. The Bertz CT molecular complexity index is 839. The largest absolute Gasteiger partial charge is 0.482 e. The lowest BCUT2D eigenvalue weighted by Crippen LogP contribution is -2.42. The molecule has 0 aromatic heterocycles. The molecule has 0 radical (unpaired) electrons. The fourth-order valence-electron chi connectivity index (χ4n) is 2.93. The average molecular weight is 381 g/mol. The van der Waals surface area contributed by atoms with Crippen molar-refractivity contribution in [3.8, 4) is 5.75 Å². The molecule has 7 heteroatoms. The van der Waals surface area contributed by atoms with Crippen LogP contribution >= 0.6 is 0 Å². The Balaban J connectivity index is 1.38. The van der Waals surface area contributed by atoms with E-state index in [2.05, 4.69) is 10.6 Å². The van der Waals surface area contributed by atoms with Crippen LogP contribution in [0.4, 0.5) is 5.69 Å². The first kappa shape index (κ1) is 19.4. The van der Waals surface area contributed by atoms with Crippen LogP contribution < -0.4 is 20.3 Å². The van der Waals surface area contributed by atoms with E-state index in [0.29, 0.717) is 18.0 Å². The predicted molar refractivity (Wildman–Crippen MR) is 105 cm³/mol. The van der Waals surface area contributed by atoms with Crippen LogP contribution in [0.5, 0.6) is 5.75 Å². The van der Waals surface area contributed by atoms with E-state index >= 15 is 0 Å². The van der Waals surface area contributed by atoms with Gasteiger partial charge < -0.3 is 20.3 Å². The van der Waals surface area contributed by atoms with Crippen LogP contribution in [0.25, 0.3) is 0 Å². The van der Waals surface area contributed by atoms with Crippen LogP contribution in [0.3, 0.4) is 0 Å². The van der Waals surface area contributed by atoms with Crippen LogP contribution in [-0.2, 0) is 20.8 Å². The van der Waals surface area contributed by atoms with Gasteiger partial charge in [-0.2, -0.15) is 0 Å². The van der Waals surface area contributed by atoms with Crippen LogP contribution in [0.2, 0.25) is 0 Å². The molecular formula is C21H23N3O4. The van der Waals surface area contributed by atoms with Crippen LogP contribution in [-0.4, -0.2) is 44.0 Å². The summed E-state index contributed by atoms with van der Waals surface area (Å²) in [5, 5.41) is 5.37. The number of hydrogen-bond acceptors (Lipinski definition) is 4. The van der Waals surface area contributed by atoms with Gasteiger partial charge in [-0.3, -0.25) is 14.4 Å². The fraction of sp³-hybridized carbons (Fsp3) is 0.286. The maximum absolute atomic E-state index is 12.1. The lowest BCUT2D eigenvalue weighted by Gasteiger charge is -2.29. The molecule has 2 aromatic rings. The molecule has 0 atom stereocenters. The van der Waals surface area contributed by atoms with Crippen molar-refractivity contribution in [3.05, 3.63) is 60.2 Å². The van der Waals surface area contributed by atoms with Gasteiger partial charge in [0.1, 0.15) is 5.75 Å². The molecule has 0 saturated carbocycles. The van der Waals surface area contributed by atoms with Crippen molar-refractivity contribution >= 4 is 23.4 Å². The Hall–Kier alpha value is -3.35. The Kier molecular flexibility index (Phi) is 6.62. The summed E-state index contributed by atoms with van der Waals surface area (Å²) in [6, 6.07) is 17.1. The first-order valence-electron chi connectivity index (χ1n) is 9.23. The molecule has 0 fully saturated rings. The average Bonchev–Trinajstić information content (AvgIpc) is 2.72. The van der Waals surface area contributed by atoms with E-state index in [4.69, 9.17) is 4.74 Å². The fourth-order valence-corrected chi connectivity index (χ4v) is 2.93. The van der Waals surface area contributed by atoms with Crippen LogP contribution in [0, 0.1) is 0 Å². The van der Waals surface area contributed by atoms with E-state index in [1.54, 1.807) is 17.0 Å². The number of ether oxygens (including phenoxy) is 1. The van der Waals surface area contributed by atoms with Crippen molar-refractivity contribution in [2.24, 2.45) is 0 Å². The molecule has 2 N–H and O–H groups in total. The number of para-hydroxylation sites is 2. The Morgan fingerprint density at radius 3 is 2.54 bits per heavy atom. The molecular weight excluding hydrogens is 358 g/mol. The second kappa shape index (κ2) is 9.55. The third-order valence-corrected chi connectivity index (χ3v) is 4.40. The van der Waals surface area contributed by atoms with Gasteiger partial charge in [0.05, 0.1) is 12.2 Å². The highest BCUT2D eigenvalue weighted by Crippen LogP contribution is 2.31. The van der Waals surface area contributed by atoms with Gasteiger partial charge in [-0.1, -0.05) is 42.5 Å². The van der Waals surface area contributed by atoms with Crippen LogP contribution in [0.1, 0.15) is 12.0 Å². The summed E-state index contributed by atoms with van der Waals surface area (Å²) in [5.74, 6) is -0.0856. The molecule has 0 aliphatic carbocycles. The number of carbonyl (C=O) groups is 3. The van der Waals surface area contributed by atoms with Crippen molar-refractivity contribution in [2.45, 2.75) is 12.8 Å². The summed E-state index contributed by atoms with van der Waals surface area (Å²) >= 11 is 0. The maximum atomic E-state index is 12.1. The Morgan fingerprint density at radius 2 is 1.71 bits per heavy atom. The highest BCUT2D eigenvalue weighted by Gasteiger charge is 2.25. The van der Waals surface area contributed by atoms with Gasteiger partial charge in [-0.05, 0) is 24.1 Å². The maximum Gasteiger partial charge on any atom is 0.265 e. The minimum Gasteiger partial charge on any atom is -0.482 e. The molecule has 3 rings (SSSR count). The van der Waals surface area contributed by atoms with E-state index in [1.807, 2.05) is 42.5 Å². The molecule has 0 unspecified atom stereocenters. The number of nitrogens with one attached hydrogen (secondary N) is 2. The zero-order chi connectivity index (χ0) is 19.8. The SMILES string of the molecule is O=C(CCN1C(=O)COc2ccccc21)NCC(=O)NCCc1ccccc1. The predicted octanol–water partition coefficient (Wildman–Crippen LogP) is 1.28. The molecule has 2 aromatic carbocycles. The molecule has 0 bridgehead atoms. The van der Waals surface area contributed by atoms with Gasteiger partial charge in [-0.25, -0.2) is 0 Å². The number of nitrogens with zero attached hydrogens (tertiary/aromatic N) is 1. The lowest BCUT2D eigenvalue weighted by molar-refractivity contribution is -0.126. The van der Waals surface area contributed by atoms with Crippen molar-refractivity contribution in [1.82, 2.24) is 10.6 Å². The summed E-state index contributed by atoms with van der Waals surface area (Å²) in [4.78, 5) is 37.5. The van der Waals surface area contributed by atoms with Crippen LogP contribution in [0.15, 0.2) is 54.6 Å². The topological polar surface area (TPSA) is 87.7 Å². The molecule has 1 heterocycles. The van der Waals surface area contributed by atoms with E-state index < -0.39 is 0 Å². The normalized spacial score (nSPS) is 12.7. The van der Waals surface area contributed by atoms with Crippen molar-refractivity contribution in [2.75, 3.05) is 31.1 Å². The molecule has 1 aliphatic heterocycles. The third kappa shape index (κ3) is 5.33. The van der Waals surface area contributed by atoms with Crippen molar-refractivity contribution in [3.63, 3.8) is 0 Å². The number of fused-ring (bicyclic) bond motifs is 1. The number of benzene rings is 2. The molecule has 0 spiro atoms. The standard InChI is InChI=1S/C21H23N3O4/c25-19(23-14-20(26)22-12-10-16-6-2-1-3-7-16)11-13-24-17-8-4-5-9-18(17)28-15-21(24)27/h1-9H,10-15H2,(H,22,26)(H,23,25). The number of carbonyl (C=O) groups excluding carboxylic acids is 3. The Labute approximate surface area is 163 Å². The molecule has 3 amide bonds. The minimum atomic E-state index is -0.282. The van der Waals surface area contributed by atoms with Crippen molar-refractivity contribution < 1.29 is 19.1 Å². The summed E-state index contributed by atoms with van der Waals surface area (Å²) in [6.45, 7) is 0.627. The van der Waals surface area contributed by atoms with Gasteiger partial charge in [0.15, 0.2) is 6.61 Å². The number of anilines is 1. The summed E-state index contributed by atoms with van der Waals surface area (Å²) in [6.07, 6.45) is 0.844. The minimum absolute atomic E-state index is 0.0392. The lowest BCUT2D eigenvalue weighted by atomic mass is 10.1. The van der Waals surface area contributed by atoms with E-state index in [-0.39, 0.29) is 43.8 Å². The highest BCUT2D eigenvalue weighted by molar-refractivity contribution is 5.98. The molecule has 0 saturated heterocycles. The smallest absolute Gasteiger partial charge is 0.265 e. The van der Waals surface area contributed by atoms with Gasteiger partial charge in [-0.15, -0.1) is 0 Å². The number of hydrogen-bond donors (Lipinski definition) is 2. The molecule has 146 valence electrons. The summed E-state index contributed by atoms with van der Waals surface area (Å²) in [7, 11) is 0. The number of amides is 3. The van der Waals surface area contributed by atoms with E-state index in [0.717, 1.165) is 12.0 Å². The molecule has 28 heavy (non-hydrogen) atoms. The summed E-state index contributed by atoms with van der Waals surface area (Å²) in [5.41, 5.74) is 1.80. The zero-order valence-corrected chi connectivity index (χ0v) is 15.5. The molecule has 7 nitrogen and oxygen atoms in total. The van der Waals surface area contributed by atoms with Crippen molar-refractivity contribution in [1.29, 1.82) is 0 Å². The zero-order valence-electron chi connectivity index (χ0n) is 15.5. The molecule has 1 aliphatic rings. The van der Waals surface area contributed by atoms with Gasteiger partial charge in [0.2, 0.25) is 11.8 Å². The van der Waals surface area contributed by atoms with Gasteiger partial charge >= 0.3 is 0 Å². The second-order valence-electron chi connectivity index (χ2n) is 6.41. The van der Waals surface area contributed by atoms with E-state index in [1.165, 1.54) is 0 Å². The Morgan fingerprint density at radius 1 is 0.964 bits per heavy atom. The van der Waals surface area contributed by atoms with Gasteiger partial charge in [0, 0.05) is 19.5 Å².